The number of hydrogen-bond donors (Lipinski definition) is 1. The zero-order valence-corrected chi connectivity index (χ0v) is 10.5. The molecular formula is C11H15N3O2S. The zero-order valence-electron chi connectivity index (χ0n) is 9.68. The molecule has 0 spiro atoms. The van der Waals surface area contributed by atoms with Crippen LogP contribution in [-0.2, 0) is 16.1 Å². The van der Waals surface area contributed by atoms with Gasteiger partial charge in [-0.2, -0.15) is 0 Å². The molecule has 0 bridgehead atoms. The number of rotatable bonds is 4. The van der Waals surface area contributed by atoms with Crippen molar-refractivity contribution in [2.24, 2.45) is 0 Å². The molecule has 1 atom stereocenters. The van der Waals surface area contributed by atoms with E-state index in [0.29, 0.717) is 13.0 Å². The molecule has 1 fully saturated rings. The van der Waals surface area contributed by atoms with Gasteiger partial charge >= 0.3 is 0 Å². The largest absolute Gasteiger partial charge is 0.343 e. The molecule has 1 aromatic rings. The molecular weight excluding hydrogens is 238 g/mol. The van der Waals surface area contributed by atoms with Crippen molar-refractivity contribution >= 4 is 23.2 Å². The zero-order chi connectivity index (χ0) is 12.3. The Morgan fingerprint density at radius 2 is 2.41 bits per heavy atom. The van der Waals surface area contributed by atoms with Gasteiger partial charge in [0.15, 0.2) is 0 Å². The molecule has 1 saturated heterocycles. The maximum absolute atomic E-state index is 12.1. The van der Waals surface area contributed by atoms with Crippen molar-refractivity contribution in [1.82, 2.24) is 15.2 Å². The van der Waals surface area contributed by atoms with Gasteiger partial charge in [-0.05, 0) is 6.42 Å². The lowest BCUT2D eigenvalue weighted by Gasteiger charge is -2.31. The Labute approximate surface area is 104 Å². The fourth-order valence-corrected chi connectivity index (χ4v) is 2.52. The Balaban J connectivity index is 2.05. The minimum Gasteiger partial charge on any atom is -0.343 e. The smallest absolute Gasteiger partial charge is 0.245 e. The molecule has 0 radical (unpaired) electrons. The second kappa shape index (κ2) is 5.27. The standard InChI is InChI=1S/C11H15N3O2S/c1-2-3-8-11(16)14(6-9(15)13-8)7-10-12-4-5-17-10/h4-5,8H,2-3,6-7H2,1H3,(H,13,15). The molecule has 1 N–H and O–H groups in total. The summed E-state index contributed by atoms with van der Waals surface area (Å²) in [7, 11) is 0. The lowest BCUT2D eigenvalue weighted by atomic mass is 10.1. The van der Waals surface area contributed by atoms with E-state index in [2.05, 4.69) is 10.3 Å². The first-order valence-corrected chi connectivity index (χ1v) is 6.55. The SMILES string of the molecule is CCCC1NC(=O)CN(Cc2nccs2)C1=O. The topological polar surface area (TPSA) is 62.3 Å². The van der Waals surface area contributed by atoms with Crippen LogP contribution in [0.3, 0.4) is 0 Å². The number of hydrogen-bond acceptors (Lipinski definition) is 4. The second-order valence-corrected chi connectivity index (χ2v) is 5.01. The van der Waals surface area contributed by atoms with Crippen molar-refractivity contribution in [2.45, 2.75) is 32.4 Å². The number of aromatic nitrogens is 1. The minimum absolute atomic E-state index is 0.00153. The Bertz CT molecular complexity index is 405. The van der Waals surface area contributed by atoms with E-state index in [1.165, 1.54) is 11.3 Å². The number of amides is 2. The Hall–Kier alpha value is -1.43. The van der Waals surface area contributed by atoms with Crippen LogP contribution in [0.2, 0.25) is 0 Å². The van der Waals surface area contributed by atoms with Crippen molar-refractivity contribution in [2.75, 3.05) is 6.54 Å². The second-order valence-electron chi connectivity index (χ2n) is 4.03. The van der Waals surface area contributed by atoms with E-state index in [0.717, 1.165) is 11.4 Å². The highest BCUT2D eigenvalue weighted by Crippen LogP contribution is 2.13. The predicted octanol–water partition coefficient (Wildman–Crippen LogP) is 0.770. The van der Waals surface area contributed by atoms with Gasteiger partial charge in [-0.15, -0.1) is 11.3 Å². The van der Waals surface area contributed by atoms with E-state index in [4.69, 9.17) is 0 Å². The first kappa shape index (κ1) is 12.0. The van der Waals surface area contributed by atoms with E-state index in [1.54, 1.807) is 11.1 Å². The Morgan fingerprint density at radius 1 is 1.59 bits per heavy atom. The maximum Gasteiger partial charge on any atom is 0.245 e. The van der Waals surface area contributed by atoms with Crippen LogP contribution in [0.1, 0.15) is 24.8 Å². The van der Waals surface area contributed by atoms with E-state index in [1.807, 2.05) is 12.3 Å². The van der Waals surface area contributed by atoms with Crippen molar-refractivity contribution in [3.8, 4) is 0 Å². The van der Waals surface area contributed by atoms with Crippen LogP contribution in [0.25, 0.3) is 0 Å². The van der Waals surface area contributed by atoms with Gasteiger partial charge < -0.3 is 10.2 Å². The summed E-state index contributed by atoms with van der Waals surface area (Å²) in [6.45, 7) is 2.57. The highest BCUT2D eigenvalue weighted by molar-refractivity contribution is 7.09. The number of nitrogens with zero attached hydrogens (tertiary/aromatic N) is 2. The lowest BCUT2D eigenvalue weighted by molar-refractivity contribution is -0.145. The summed E-state index contributed by atoms with van der Waals surface area (Å²) in [6, 6.07) is -0.360. The number of carbonyl (C=O) groups excluding carboxylic acids is 2. The molecule has 2 rings (SSSR count). The summed E-state index contributed by atoms with van der Waals surface area (Å²) >= 11 is 1.50. The highest BCUT2D eigenvalue weighted by Gasteiger charge is 2.32. The van der Waals surface area contributed by atoms with E-state index < -0.39 is 0 Å². The summed E-state index contributed by atoms with van der Waals surface area (Å²) in [5.41, 5.74) is 0. The van der Waals surface area contributed by atoms with Gasteiger partial charge in [0.05, 0.1) is 6.54 Å². The van der Waals surface area contributed by atoms with E-state index >= 15 is 0 Å². The average molecular weight is 253 g/mol. The molecule has 1 unspecified atom stereocenters. The lowest BCUT2D eigenvalue weighted by Crippen LogP contribution is -2.57. The number of piperazine rings is 1. The minimum atomic E-state index is -0.360. The first-order valence-electron chi connectivity index (χ1n) is 5.67. The van der Waals surface area contributed by atoms with Crippen LogP contribution in [0.4, 0.5) is 0 Å². The normalized spacial score (nSPS) is 20.5. The van der Waals surface area contributed by atoms with Gasteiger partial charge in [0.1, 0.15) is 17.6 Å². The third-order valence-electron chi connectivity index (χ3n) is 2.67. The maximum atomic E-state index is 12.1. The van der Waals surface area contributed by atoms with Crippen molar-refractivity contribution in [1.29, 1.82) is 0 Å². The van der Waals surface area contributed by atoms with Crippen LogP contribution in [0, 0.1) is 0 Å². The monoisotopic (exact) mass is 253 g/mol. The fourth-order valence-electron chi connectivity index (χ4n) is 1.89. The van der Waals surface area contributed by atoms with Gasteiger partial charge in [-0.25, -0.2) is 4.98 Å². The van der Waals surface area contributed by atoms with Crippen LogP contribution in [0.5, 0.6) is 0 Å². The predicted molar refractivity (Wildman–Crippen MR) is 64.4 cm³/mol. The van der Waals surface area contributed by atoms with Gasteiger partial charge in [-0.3, -0.25) is 9.59 Å². The average Bonchev–Trinajstić information content (AvgIpc) is 2.78. The Morgan fingerprint density at radius 3 is 3.06 bits per heavy atom. The molecule has 2 heterocycles. The third kappa shape index (κ3) is 2.82. The van der Waals surface area contributed by atoms with Crippen LogP contribution in [0.15, 0.2) is 11.6 Å². The number of thiazole rings is 1. The molecule has 1 aliphatic rings. The molecule has 1 aromatic heterocycles. The molecule has 92 valence electrons. The third-order valence-corrected chi connectivity index (χ3v) is 3.43. The summed E-state index contributed by atoms with van der Waals surface area (Å²) in [5.74, 6) is -0.0822. The van der Waals surface area contributed by atoms with Crippen LogP contribution >= 0.6 is 11.3 Å². The van der Waals surface area contributed by atoms with Gasteiger partial charge in [0.25, 0.3) is 0 Å². The van der Waals surface area contributed by atoms with E-state index in [-0.39, 0.29) is 24.4 Å². The molecule has 1 aliphatic heterocycles. The summed E-state index contributed by atoms with van der Waals surface area (Å²) in [5, 5.41) is 5.46. The van der Waals surface area contributed by atoms with Gasteiger partial charge in [0.2, 0.25) is 11.8 Å². The molecule has 0 aliphatic carbocycles. The fraction of sp³-hybridized carbons (Fsp3) is 0.545. The van der Waals surface area contributed by atoms with Crippen LogP contribution < -0.4 is 5.32 Å². The number of carbonyl (C=O) groups is 2. The quantitative estimate of drug-likeness (QED) is 0.862. The first-order chi connectivity index (χ1) is 8.20. The van der Waals surface area contributed by atoms with E-state index in [9.17, 15) is 9.59 Å². The number of nitrogens with one attached hydrogen (secondary N) is 1. The van der Waals surface area contributed by atoms with Crippen molar-refractivity contribution in [3.05, 3.63) is 16.6 Å². The molecule has 6 heteroatoms. The molecule has 5 nitrogen and oxygen atoms in total. The molecule has 2 amide bonds. The van der Waals surface area contributed by atoms with Gasteiger partial charge in [0, 0.05) is 11.6 Å². The molecule has 0 saturated carbocycles. The summed E-state index contributed by atoms with van der Waals surface area (Å²) in [6.07, 6.45) is 3.28. The van der Waals surface area contributed by atoms with Crippen LogP contribution in [-0.4, -0.2) is 34.3 Å². The van der Waals surface area contributed by atoms with Crippen molar-refractivity contribution < 1.29 is 9.59 Å². The van der Waals surface area contributed by atoms with Crippen molar-refractivity contribution in [3.63, 3.8) is 0 Å². The summed E-state index contributed by atoms with van der Waals surface area (Å²) in [4.78, 5) is 29.3. The van der Waals surface area contributed by atoms with Gasteiger partial charge in [-0.1, -0.05) is 13.3 Å². The highest BCUT2D eigenvalue weighted by atomic mass is 32.1. The Kier molecular flexibility index (Phi) is 3.73. The molecule has 17 heavy (non-hydrogen) atoms. The molecule has 0 aromatic carbocycles. The summed E-state index contributed by atoms with van der Waals surface area (Å²) < 4.78 is 0.